The monoisotopic (exact) mass is 490 g/mol. The summed E-state index contributed by atoms with van der Waals surface area (Å²) >= 11 is 6.22. The Balaban J connectivity index is 1.50. The molecule has 8 nitrogen and oxygen atoms in total. The van der Waals surface area contributed by atoms with Crippen LogP contribution in [0.25, 0.3) is 5.57 Å². The van der Waals surface area contributed by atoms with E-state index in [1.54, 1.807) is 4.90 Å². The molecule has 1 aromatic carbocycles. The standard InChI is InChI=1S/C24H29ClFN5O3/c1-14-22(25)15(2)29-23(28-14)19-12-31(13-20(19)27)24(33)18-5-4-16(26)10-21(18)34-17-6-8-30(11-17)7-3-9-32/h4-5,10,17,32H,3,6-9,11-13,27H2,1-2H3/p+1. The summed E-state index contributed by atoms with van der Waals surface area (Å²) < 4.78 is 20.2. The molecular formula is C24H30ClFN5O3+. The first-order valence-corrected chi connectivity index (χ1v) is 11.8. The van der Waals surface area contributed by atoms with E-state index < -0.39 is 5.82 Å². The fourth-order valence-corrected chi connectivity index (χ4v) is 4.51. The summed E-state index contributed by atoms with van der Waals surface area (Å²) in [5.74, 6) is 0.0587. The summed E-state index contributed by atoms with van der Waals surface area (Å²) in [4.78, 5) is 24.9. The number of nitrogens with one attached hydrogen (secondary N) is 1. The maximum absolute atomic E-state index is 14.1. The molecule has 1 atom stereocenters. The van der Waals surface area contributed by atoms with Gasteiger partial charge in [0.2, 0.25) is 0 Å². The smallest absolute Gasteiger partial charge is 0.328 e. The molecule has 0 aliphatic carbocycles. The number of hydrogen-bond donors (Lipinski definition) is 2. The van der Waals surface area contributed by atoms with Gasteiger partial charge in [-0.3, -0.25) is 9.69 Å². The normalized spacial score (nSPS) is 18.7. The summed E-state index contributed by atoms with van der Waals surface area (Å²) in [6, 6.07) is 3.98. The van der Waals surface area contributed by atoms with Crippen LogP contribution >= 0.6 is 11.6 Å². The van der Waals surface area contributed by atoms with E-state index >= 15 is 0 Å². The van der Waals surface area contributed by atoms with Crippen molar-refractivity contribution in [2.24, 2.45) is 5.73 Å². The molecule has 4 N–H and O–H groups in total. The van der Waals surface area contributed by atoms with Gasteiger partial charge in [-0.1, -0.05) is 11.6 Å². The zero-order valence-corrected chi connectivity index (χ0v) is 20.2. The average molecular weight is 491 g/mol. The molecule has 1 aromatic heterocycles. The van der Waals surface area contributed by atoms with Crippen molar-refractivity contribution in [1.82, 2.24) is 14.8 Å². The van der Waals surface area contributed by atoms with E-state index in [1.165, 1.54) is 18.2 Å². The van der Waals surface area contributed by atoms with Gasteiger partial charge in [0.1, 0.15) is 28.4 Å². The number of nitrogens with zero attached hydrogens (tertiary/aromatic N) is 3. The highest BCUT2D eigenvalue weighted by Gasteiger charge is 2.33. The number of aromatic nitrogens is 2. The van der Waals surface area contributed by atoms with Crippen LogP contribution in [0.15, 0.2) is 23.9 Å². The first-order valence-electron chi connectivity index (χ1n) is 11.4. The topological polar surface area (TPSA) is 106 Å². The molecule has 10 heteroatoms. The Bertz CT molecular complexity index is 1100. The van der Waals surface area contributed by atoms with Gasteiger partial charge in [0.25, 0.3) is 5.91 Å². The van der Waals surface area contributed by atoms with E-state index in [9.17, 15) is 9.18 Å². The lowest BCUT2D eigenvalue weighted by Gasteiger charge is -2.21. The Morgan fingerprint density at radius 2 is 2.18 bits per heavy atom. The third-order valence-corrected chi connectivity index (χ3v) is 6.79. The predicted molar refractivity (Wildman–Crippen MR) is 126 cm³/mol. The first kappa shape index (κ1) is 24.4. The van der Waals surface area contributed by atoms with Crippen molar-refractivity contribution in [3.8, 4) is 5.75 Å². The van der Waals surface area contributed by atoms with E-state index in [1.807, 2.05) is 13.8 Å². The molecule has 3 heterocycles. The van der Waals surface area contributed by atoms with Crippen molar-refractivity contribution in [3.05, 3.63) is 57.5 Å². The molecule has 34 heavy (non-hydrogen) atoms. The van der Waals surface area contributed by atoms with Crippen molar-refractivity contribution >= 4 is 23.1 Å². The van der Waals surface area contributed by atoms with Crippen LogP contribution in [0, 0.1) is 19.7 Å². The summed E-state index contributed by atoms with van der Waals surface area (Å²) in [6.45, 7) is 6.60. The summed E-state index contributed by atoms with van der Waals surface area (Å²) in [7, 11) is 0. The Morgan fingerprint density at radius 1 is 1.38 bits per heavy atom. The number of H-pyrrole nitrogens is 1. The van der Waals surface area contributed by atoms with Crippen LogP contribution in [0.4, 0.5) is 4.39 Å². The quantitative estimate of drug-likeness (QED) is 0.614. The van der Waals surface area contributed by atoms with Crippen LogP contribution in [0.5, 0.6) is 5.75 Å². The lowest BCUT2D eigenvalue weighted by Crippen LogP contribution is -2.32. The number of aliphatic hydroxyl groups excluding tert-OH is 1. The number of carbonyl (C=O) groups excluding carboxylic acids is 1. The van der Waals surface area contributed by atoms with E-state index in [4.69, 9.17) is 27.2 Å². The largest absolute Gasteiger partial charge is 0.488 e. The predicted octanol–water partition coefficient (Wildman–Crippen LogP) is 1.97. The molecule has 0 spiro atoms. The third kappa shape index (κ3) is 5.16. The molecule has 1 unspecified atom stereocenters. The van der Waals surface area contributed by atoms with E-state index in [0.717, 1.165) is 30.8 Å². The van der Waals surface area contributed by atoms with Gasteiger partial charge in [0, 0.05) is 44.9 Å². The average Bonchev–Trinajstić information content (AvgIpc) is 3.41. The van der Waals surface area contributed by atoms with E-state index in [0.29, 0.717) is 40.8 Å². The Hall–Kier alpha value is -2.75. The number of amides is 1. The summed E-state index contributed by atoms with van der Waals surface area (Å²) in [5, 5.41) is 9.60. The SMILES string of the molecule is Cc1nc(C2=C(N)CN(C(=O)c3ccc(F)cc3OC3CCN(CCCO)C3)C2)[nH+]c(C)c1Cl. The van der Waals surface area contributed by atoms with Crippen LogP contribution in [-0.2, 0) is 0 Å². The highest BCUT2D eigenvalue weighted by atomic mass is 35.5. The number of benzene rings is 1. The van der Waals surface area contributed by atoms with E-state index in [-0.39, 0.29) is 37.5 Å². The third-order valence-electron chi connectivity index (χ3n) is 6.23. The Labute approximate surface area is 203 Å². The van der Waals surface area contributed by atoms with Gasteiger partial charge in [-0.25, -0.2) is 9.37 Å². The van der Waals surface area contributed by atoms with Gasteiger partial charge in [0.15, 0.2) is 5.69 Å². The first-order chi connectivity index (χ1) is 16.3. The van der Waals surface area contributed by atoms with Crippen LogP contribution in [0.2, 0.25) is 5.02 Å². The number of rotatable bonds is 7. The number of ether oxygens (including phenoxy) is 1. The number of likely N-dealkylation sites (tertiary alicyclic amines) is 1. The maximum atomic E-state index is 14.1. The molecule has 1 fully saturated rings. The van der Waals surface area contributed by atoms with Gasteiger partial charge in [-0.15, -0.1) is 0 Å². The highest BCUT2D eigenvalue weighted by molar-refractivity contribution is 6.31. The molecule has 2 aromatic rings. The van der Waals surface area contributed by atoms with Crippen LogP contribution in [0.3, 0.4) is 0 Å². The molecule has 1 amide bonds. The number of hydrogen-bond acceptors (Lipinski definition) is 6. The molecule has 0 radical (unpaired) electrons. The molecule has 2 aliphatic heterocycles. The second kappa shape index (κ2) is 10.2. The fourth-order valence-electron chi connectivity index (χ4n) is 4.42. The molecule has 0 saturated carbocycles. The number of aryl methyl sites for hydroxylation is 2. The maximum Gasteiger partial charge on any atom is 0.328 e. The zero-order chi connectivity index (χ0) is 24.4. The van der Waals surface area contributed by atoms with Crippen LogP contribution in [-0.4, -0.2) is 71.2 Å². The van der Waals surface area contributed by atoms with E-state index in [2.05, 4.69) is 14.9 Å². The number of carbonyl (C=O) groups is 1. The summed E-state index contributed by atoms with van der Waals surface area (Å²) in [6.07, 6.45) is 1.32. The van der Waals surface area contributed by atoms with Crippen molar-refractivity contribution in [2.75, 3.05) is 39.3 Å². The molecule has 4 rings (SSSR count). The van der Waals surface area contributed by atoms with Gasteiger partial charge in [-0.05, 0) is 36.9 Å². The molecule has 182 valence electrons. The Morgan fingerprint density at radius 3 is 2.91 bits per heavy atom. The zero-order valence-electron chi connectivity index (χ0n) is 19.4. The number of aliphatic hydroxyl groups is 1. The minimum atomic E-state index is -0.465. The summed E-state index contributed by atoms with van der Waals surface area (Å²) in [5.41, 5.74) is 9.30. The molecule has 0 bridgehead atoms. The number of nitrogens with two attached hydrogens (primary N) is 1. The lowest BCUT2D eigenvalue weighted by atomic mass is 10.1. The van der Waals surface area contributed by atoms with Gasteiger partial charge >= 0.3 is 5.82 Å². The van der Waals surface area contributed by atoms with Gasteiger partial charge in [0.05, 0.1) is 24.2 Å². The second-order valence-electron chi connectivity index (χ2n) is 8.82. The number of halogens is 2. The fraction of sp³-hybridized carbons (Fsp3) is 0.458. The lowest BCUT2D eigenvalue weighted by molar-refractivity contribution is -0.396. The van der Waals surface area contributed by atoms with Gasteiger partial charge < -0.3 is 20.5 Å². The molecular weight excluding hydrogens is 461 g/mol. The van der Waals surface area contributed by atoms with Crippen molar-refractivity contribution in [2.45, 2.75) is 32.8 Å². The van der Waals surface area contributed by atoms with Crippen molar-refractivity contribution in [1.29, 1.82) is 0 Å². The van der Waals surface area contributed by atoms with Crippen molar-refractivity contribution in [3.63, 3.8) is 0 Å². The van der Waals surface area contributed by atoms with Crippen LogP contribution in [0.1, 0.15) is 40.4 Å². The minimum absolute atomic E-state index is 0.141. The van der Waals surface area contributed by atoms with Gasteiger partial charge in [-0.2, -0.15) is 0 Å². The Kier molecular flexibility index (Phi) is 7.35. The van der Waals surface area contributed by atoms with Crippen molar-refractivity contribution < 1.29 is 24.0 Å². The molecule has 2 aliphatic rings. The number of aromatic amines is 1. The highest BCUT2D eigenvalue weighted by Crippen LogP contribution is 2.29. The van der Waals surface area contributed by atoms with Crippen LogP contribution < -0.4 is 15.5 Å². The second-order valence-corrected chi connectivity index (χ2v) is 9.20. The minimum Gasteiger partial charge on any atom is -0.488 e. The molecule has 1 saturated heterocycles.